The first-order chi connectivity index (χ1) is 16.0. The smallest absolute Gasteiger partial charge is 0.407 e. The molecule has 33 heavy (non-hydrogen) atoms. The largest absolute Gasteiger partial charge is 0.479 e. The average Bonchev–Trinajstić information content (AvgIpc) is 3.15. The minimum absolute atomic E-state index is 0.0499. The van der Waals surface area contributed by atoms with E-state index in [1.54, 1.807) is 0 Å². The molecule has 8 heteroatoms. The predicted molar refractivity (Wildman–Crippen MR) is 121 cm³/mol. The first-order valence-corrected chi connectivity index (χ1v) is 11.3. The van der Waals surface area contributed by atoms with Crippen LogP contribution < -0.4 is 10.6 Å². The molecular weight excluding hydrogens is 424 g/mol. The SMILES string of the molecule is O=C(NC1CCCCC1C(=O)NC[C@H](O)C(=O)O)OCC1c2ccccc2-c2ccccc21. The highest BCUT2D eigenvalue weighted by molar-refractivity contribution is 5.82. The minimum Gasteiger partial charge on any atom is -0.479 e. The van der Waals surface area contributed by atoms with Crippen molar-refractivity contribution in [2.24, 2.45) is 5.92 Å². The Morgan fingerprint density at radius 3 is 2.21 bits per heavy atom. The molecule has 0 radical (unpaired) electrons. The Morgan fingerprint density at radius 1 is 0.970 bits per heavy atom. The van der Waals surface area contributed by atoms with Crippen LogP contribution in [0.25, 0.3) is 11.1 Å². The number of aliphatic hydroxyl groups is 1. The van der Waals surface area contributed by atoms with Crippen LogP contribution in [-0.4, -0.2) is 53.5 Å². The summed E-state index contributed by atoms with van der Waals surface area (Å²) in [4.78, 5) is 35.9. The molecule has 2 aromatic carbocycles. The number of hydrogen-bond acceptors (Lipinski definition) is 5. The summed E-state index contributed by atoms with van der Waals surface area (Å²) >= 11 is 0. The number of alkyl carbamates (subject to hydrolysis) is 1. The Bertz CT molecular complexity index is 994. The molecule has 2 aromatic rings. The van der Waals surface area contributed by atoms with Gasteiger partial charge in [0, 0.05) is 12.0 Å². The molecule has 0 bridgehead atoms. The van der Waals surface area contributed by atoms with Crippen molar-refractivity contribution >= 4 is 18.0 Å². The van der Waals surface area contributed by atoms with Crippen molar-refractivity contribution in [2.45, 2.75) is 43.7 Å². The number of aliphatic hydroxyl groups excluding tert-OH is 1. The Hall–Kier alpha value is -3.39. The maximum Gasteiger partial charge on any atom is 0.407 e. The lowest BCUT2D eigenvalue weighted by Gasteiger charge is -2.31. The highest BCUT2D eigenvalue weighted by atomic mass is 16.5. The van der Waals surface area contributed by atoms with Gasteiger partial charge in [-0.15, -0.1) is 0 Å². The monoisotopic (exact) mass is 452 g/mol. The fraction of sp³-hybridized carbons (Fsp3) is 0.400. The fourth-order valence-electron chi connectivity index (χ4n) is 4.82. The maximum atomic E-state index is 12.6. The van der Waals surface area contributed by atoms with Gasteiger partial charge < -0.3 is 25.6 Å². The third kappa shape index (κ3) is 5.01. The van der Waals surface area contributed by atoms with Crippen LogP contribution in [0.2, 0.25) is 0 Å². The fourth-order valence-corrected chi connectivity index (χ4v) is 4.82. The topological polar surface area (TPSA) is 125 Å². The third-order valence-electron chi connectivity index (χ3n) is 6.50. The number of benzene rings is 2. The molecule has 4 rings (SSSR count). The number of carboxylic acid groups (broad SMARTS) is 1. The normalized spacial score (nSPS) is 20.3. The second-order valence-electron chi connectivity index (χ2n) is 8.57. The van der Waals surface area contributed by atoms with E-state index in [-0.39, 0.29) is 25.0 Å². The first-order valence-electron chi connectivity index (χ1n) is 11.3. The van der Waals surface area contributed by atoms with Crippen molar-refractivity contribution in [2.75, 3.05) is 13.2 Å². The molecule has 4 N–H and O–H groups in total. The molecule has 2 amide bonds. The van der Waals surface area contributed by atoms with Crippen molar-refractivity contribution in [3.63, 3.8) is 0 Å². The maximum absolute atomic E-state index is 12.6. The summed E-state index contributed by atoms with van der Waals surface area (Å²) in [6.07, 6.45) is 0.670. The highest BCUT2D eigenvalue weighted by Gasteiger charge is 2.34. The van der Waals surface area contributed by atoms with Gasteiger partial charge in [-0.05, 0) is 35.1 Å². The lowest BCUT2D eigenvalue weighted by atomic mass is 9.84. The molecule has 2 aliphatic rings. The van der Waals surface area contributed by atoms with Crippen molar-refractivity contribution in [3.8, 4) is 11.1 Å². The molecule has 1 saturated carbocycles. The number of hydrogen-bond donors (Lipinski definition) is 4. The Balaban J connectivity index is 1.36. The van der Waals surface area contributed by atoms with Crippen molar-refractivity contribution in [1.29, 1.82) is 0 Å². The Kier molecular flexibility index (Phi) is 6.93. The van der Waals surface area contributed by atoms with E-state index >= 15 is 0 Å². The molecule has 174 valence electrons. The zero-order valence-corrected chi connectivity index (χ0v) is 18.2. The Morgan fingerprint density at radius 2 is 1.58 bits per heavy atom. The molecular formula is C25H28N2O6. The van der Waals surface area contributed by atoms with Crippen molar-refractivity contribution < 1.29 is 29.3 Å². The van der Waals surface area contributed by atoms with Gasteiger partial charge in [0.2, 0.25) is 5.91 Å². The summed E-state index contributed by atoms with van der Waals surface area (Å²) in [6, 6.07) is 15.8. The van der Waals surface area contributed by atoms with Crippen LogP contribution in [-0.2, 0) is 14.3 Å². The lowest BCUT2D eigenvalue weighted by Crippen LogP contribution is -2.50. The van der Waals surface area contributed by atoms with Crippen LogP contribution in [0.1, 0.15) is 42.7 Å². The second kappa shape index (κ2) is 10.0. The van der Waals surface area contributed by atoms with Gasteiger partial charge in [-0.25, -0.2) is 9.59 Å². The number of carbonyl (C=O) groups is 3. The molecule has 2 aliphatic carbocycles. The van der Waals surface area contributed by atoms with Crippen LogP contribution >= 0.6 is 0 Å². The van der Waals surface area contributed by atoms with Crippen LogP contribution in [0.15, 0.2) is 48.5 Å². The van der Waals surface area contributed by atoms with Crippen LogP contribution in [0.5, 0.6) is 0 Å². The summed E-state index contributed by atoms with van der Waals surface area (Å²) < 4.78 is 5.60. The van der Waals surface area contributed by atoms with E-state index in [9.17, 15) is 19.5 Å². The number of rotatable bonds is 7. The summed E-state index contributed by atoms with van der Waals surface area (Å²) in [7, 11) is 0. The molecule has 0 spiro atoms. The molecule has 1 fully saturated rings. The van der Waals surface area contributed by atoms with Gasteiger partial charge in [0.25, 0.3) is 0 Å². The van der Waals surface area contributed by atoms with Crippen LogP contribution in [0.4, 0.5) is 4.79 Å². The van der Waals surface area contributed by atoms with Gasteiger partial charge in [-0.1, -0.05) is 61.4 Å². The van der Waals surface area contributed by atoms with Crippen molar-refractivity contribution in [1.82, 2.24) is 10.6 Å². The zero-order valence-electron chi connectivity index (χ0n) is 18.2. The van der Waals surface area contributed by atoms with Gasteiger partial charge >= 0.3 is 12.1 Å². The standard InChI is InChI=1S/C25H28N2O6/c28-22(24(30)31)13-26-23(29)19-11-5-6-12-21(19)27-25(32)33-14-20-17-9-3-1-7-15(17)16-8-2-4-10-18(16)20/h1-4,7-10,19-22,28H,5-6,11-14H2,(H,26,29)(H,27,32)(H,30,31)/t19?,21?,22-/m0/s1. The second-order valence-corrected chi connectivity index (χ2v) is 8.57. The Labute approximate surface area is 192 Å². The van der Waals surface area contributed by atoms with Crippen LogP contribution in [0, 0.1) is 5.92 Å². The van der Waals surface area contributed by atoms with E-state index in [0.717, 1.165) is 35.1 Å². The summed E-state index contributed by atoms with van der Waals surface area (Å²) in [6.45, 7) is -0.184. The van der Waals surface area contributed by atoms with Gasteiger partial charge in [-0.2, -0.15) is 0 Å². The van der Waals surface area contributed by atoms with Gasteiger partial charge in [0.05, 0.1) is 12.5 Å². The van der Waals surface area contributed by atoms with E-state index in [1.807, 2.05) is 36.4 Å². The molecule has 2 unspecified atom stereocenters. The minimum atomic E-state index is -1.66. The summed E-state index contributed by atoms with van der Waals surface area (Å²) in [5, 5.41) is 23.5. The molecule has 0 aliphatic heterocycles. The quantitative estimate of drug-likeness (QED) is 0.512. The number of aliphatic carboxylic acids is 1. The van der Waals surface area contributed by atoms with Crippen molar-refractivity contribution in [3.05, 3.63) is 59.7 Å². The molecule has 8 nitrogen and oxygen atoms in total. The number of ether oxygens (including phenoxy) is 1. The lowest BCUT2D eigenvalue weighted by molar-refractivity contribution is -0.146. The van der Waals surface area contributed by atoms with Crippen LogP contribution in [0.3, 0.4) is 0 Å². The van der Waals surface area contributed by atoms with E-state index < -0.39 is 30.1 Å². The molecule has 0 heterocycles. The average molecular weight is 453 g/mol. The molecule has 0 aromatic heterocycles. The number of nitrogens with one attached hydrogen (secondary N) is 2. The zero-order chi connectivity index (χ0) is 23.4. The van der Waals surface area contributed by atoms with E-state index in [0.29, 0.717) is 12.8 Å². The van der Waals surface area contributed by atoms with E-state index in [2.05, 4.69) is 22.8 Å². The summed E-state index contributed by atoms with van der Waals surface area (Å²) in [5.41, 5.74) is 4.54. The molecule has 0 saturated heterocycles. The predicted octanol–water partition coefficient (Wildman–Crippen LogP) is 2.65. The first kappa shape index (κ1) is 22.8. The van der Waals surface area contributed by atoms with E-state index in [4.69, 9.17) is 9.84 Å². The van der Waals surface area contributed by atoms with Gasteiger partial charge in [0.1, 0.15) is 6.61 Å². The number of fused-ring (bicyclic) bond motifs is 3. The third-order valence-corrected chi connectivity index (χ3v) is 6.50. The van der Waals surface area contributed by atoms with Gasteiger partial charge in [-0.3, -0.25) is 4.79 Å². The highest BCUT2D eigenvalue weighted by Crippen LogP contribution is 2.44. The van der Waals surface area contributed by atoms with Gasteiger partial charge in [0.15, 0.2) is 6.10 Å². The number of carbonyl (C=O) groups excluding carboxylic acids is 2. The number of amides is 2. The number of carboxylic acids is 1. The molecule has 3 atom stereocenters. The van der Waals surface area contributed by atoms with E-state index in [1.165, 1.54) is 0 Å². The summed E-state index contributed by atoms with van der Waals surface area (Å²) in [5.74, 6) is -2.32.